The van der Waals surface area contributed by atoms with E-state index in [1.54, 1.807) is 6.92 Å². The Morgan fingerprint density at radius 1 is 1.09 bits per heavy atom. The first kappa shape index (κ1) is 20.8. The third-order valence-electron chi connectivity index (χ3n) is 3.55. The summed E-state index contributed by atoms with van der Waals surface area (Å²) in [5.74, 6) is -0.914. The first-order valence-corrected chi connectivity index (χ1v) is 8.56. The third-order valence-corrected chi connectivity index (χ3v) is 3.55. The summed E-state index contributed by atoms with van der Waals surface area (Å²) in [7, 11) is 0. The molecule has 0 bridgehead atoms. The van der Waals surface area contributed by atoms with E-state index in [-0.39, 0.29) is 0 Å². The van der Waals surface area contributed by atoms with Gasteiger partial charge < -0.3 is 10.5 Å². The lowest BCUT2D eigenvalue weighted by Gasteiger charge is -2.12. The van der Waals surface area contributed by atoms with E-state index in [9.17, 15) is 9.59 Å². The summed E-state index contributed by atoms with van der Waals surface area (Å²) in [4.78, 5) is 23.5. The molecule has 0 aliphatic rings. The zero-order chi connectivity index (χ0) is 17.0. The zero-order valence-electron chi connectivity index (χ0n) is 14.7. The number of ether oxygens (including phenoxy) is 1. The van der Waals surface area contributed by atoms with Crippen LogP contribution < -0.4 is 5.73 Å². The lowest BCUT2D eigenvalue weighted by molar-refractivity contribution is -0.158. The summed E-state index contributed by atoms with van der Waals surface area (Å²) in [6.45, 7) is 7.83. The minimum Gasteiger partial charge on any atom is -0.389 e. The van der Waals surface area contributed by atoms with E-state index in [0.717, 1.165) is 12.8 Å². The molecule has 0 saturated heterocycles. The average Bonchev–Trinajstić information content (AvgIpc) is 2.45. The monoisotopic (exact) mass is 311 g/mol. The Labute approximate surface area is 135 Å². The van der Waals surface area contributed by atoms with Gasteiger partial charge in [-0.1, -0.05) is 59.0 Å². The predicted octanol–water partition coefficient (Wildman–Crippen LogP) is 4.13. The number of esters is 2. The van der Waals surface area contributed by atoms with E-state index >= 15 is 0 Å². The van der Waals surface area contributed by atoms with Gasteiger partial charge in [-0.3, -0.25) is 0 Å². The highest BCUT2D eigenvalue weighted by Gasteiger charge is 2.20. The van der Waals surface area contributed by atoms with Crippen LogP contribution in [0.5, 0.6) is 0 Å². The largest absolute Gasteiger partial charge is 0.389 e. The molecule has 0 rings (SSSR count). The Morgan fingerprint density at radius 2 is 1.68 bits per heavy atom. The molecule has 0 unspecified atom stereocenters. The molecule has 2 N–H and O–H groups in total. The summed E-state index contributed by atoms with van der Waals surface area (Å²) in [6.07, 6.45) is 10.5. The van der Waals surface area contributed by atoms with Crippen molar-refractivity contribution >= 4 is 11.9 Å². The highest BCUT2D eigenvalue weighted by atomic mass is 16.6. The number of nitrogens with two attached hydrogens (primary N) is 1. The van der Waals surface area contributed by atoms with Crippen LogP contribution in [0.2, 0.25) is 0 Å². The van der Waals surface area contributed by atoms with Crippen LogP contribution in [0.25, 0.3) is 0 Å². The van der Waals surface area contributed by atoms with Gasteiger partial charge in [0, 0.05) is 5.57 Å². The maximum Gasteiger partial charge on any atom is 0.341 e. The second-order valence-electron chi connectivity index (χ2n) is 6.39. The number of unbranched alkanes of at least 4 members (excludes halogenated alkanes) is 6. The van der Waals surface area contributed by atoms with Gasteiger partial charge in [0.05, 0.1) is 0 Å². The molecule has 0 aliphatic carbocycles. The van der Waals surface area contributed by atoms with Gasteiger partial charge in [-0.25, -0.2) is 9.59 Å². The highest BCUT2D eigenvalue weighted by molar-refractivity contribution is 5.97. The van der Waals surface area contributed by atoms with E-state index in [2.05, 4.69) is 6.92 Å². The predicted molar refractivity (Wildman–Crippen MR) is 90.3 cm³/mol. The van der Waals surface area contributed by atoms with Crippen molar-refractivity contribution in [3.05, 3.63) is 11.6 Å². The van der Waals surface area contributed by atoms with Crippen LogP contribution >= 0.6 is 0 Å². The van der Waals surface area contributed by atoms with E-state index in [0.29, 0.717) is 17.9 Å². The molecular weight excluding hydrogens is 278 g/mol. The smallest absolute Gasteiger partial charge is 0.341 e. The van der Waals surface area contributed by atoms with Crippen molar-refractivity contribution in [3.63, 3.8) is 0 Å². The van der Waals surface area contributed by atoms with Crippen molar-refractivity contribution in [2.45, 2.75) is 85.1 Å². The lowest BCUT2D eigenvalue weighted by Crippen LogP contribution is -2.35. The molecule has 0 aromatic carbocycles. The fraction of sp³-hybridized carbons (Fsp3) is 0.778. The van der Waals surface area contributed by atoms with Crippen LogP contribution in [-0.2, 0) is 14.3 Å². The van der Waals surface area contributed by atoms with Crippen LogP contribution in [0.15, 0.2) is 11.6 Å². The highest BCUT2D eigenvalue weighted by Crippen LogP contribution is 2.10. The molecule has 0 radical (unpaired) electrons. The van der Waals surface area contributed by atoms with Gasteiger partial charge in [0.25, 0.3) is 0 Å². The van der Waals surface area contributed by atoms with Crippen molar-refractivity contribution in [1.82, 2.24) is 0 Å². The Balaban J connectivity index is 3.99. The Hall–Kier alpha value is -1.16. The first-order chi connectivity index (χ1) is 10.4. The van der Waals surface area contributed by atoms with E-state index < -0.39 is 18.0 Å². The lowest BCUT2D eigenvalue weighted by atomic mass is 10.0. The Morgan fingerprint density at radius 3 is 2.27 bits per heavy atom. The number of carbonyl (C=O) groups is 2. The molecule has 4 heteroatoms. The Kier molecular flexibility index (Phi) is 11.7. The molecule has 128 valence electrons. The van der Waals surface area contributed by atoms with Crippen LogP contribution in [0.3, 0.4) is 0 Å². The molecular formula is C18H33NO3. The maximum absolute atomic E-state index is 11.8. The van der Waals surface area contributed by atoms with Crippen molar-refractivity contribution in [3.8, 4) is 0 Å². The van der Waals surface area contributed by atoms with Crippen LogP contribution in [-0.4, -0.2) is 18.0 Å². The van der Waals surface area contributed by atoms with Crippen molar-refractivity contribution < 1.29 is 14.3 Å². The molecule has 0 heterocycles. The maximum atomic E-state index is 11.8. The number of hydrogen-bond acceptors (Lipinski definition) is 4. The minimum atomic E-state index is -0.727. The molecule has 0 aromatic heterocycles. The van der Waals surface area contributed by atoms with Gasteiger partial charge in [-0.2, -0.15) is 0 Å². The summed E-state index contributed by atoms with van der Waals surface area (Å²) < 4.78 is 4.81. The second kappa shape index (κ2) is 12.4. The SMILES string of the molecule is CCCCCCCCC=C(C)C(=O)OC(=O)[C@@H](N)CC(C)C. The molecule has 22 heavy (non-hydrogen) atoms. The zero-order valence-corrected chi connectivity index (χ0v) is 14.7. The van der Waals surface area contributed by atoms with Gasteiger partial charge in [-0.15, -0.1) is 0 Å². The molecule has 0 aromatic rings. The van der Waals surface area contributed by atoms with Crippen LogP contribution in [0.4, 0.5) is 0 Å². The topological polar surface area (TPSA) is 69.4 Å². The van der Waals surface area contributed by atoms with Crippen molar-refractivity contribution in [1.29, 1.82) is 0 Å². The molecule has 1 atom stereocenters. The molecule has 4 nitrogen and oxygen atoms in total. The van der Waals surface area contributed by atoms with Gasteiger partial charge in [0.15, 0.2) is 0 Å². The van der Waals surface area contributed by atoms with Crippen molar-refractivity contribution in [2.24, 2.45) is 11.7 Å². The van der Waals surface area contributed by atoms with Crippen molar-refractivity contribution in [2.75, 3.05) is 0 Å². The number of rotatable bonds is 11. The Bertz CT molecular complexity index is 361. The van der Waals surface area contributed by atoms with Gasteiger partial charge in [0.2, 0.25) is 0 Å². The number of carbonyl (C=O) groups excluding carboxylic acids is 2. The quantitative estimate of drug-likeness (QED) is 0.270. The fourth-order valence-electron chi connectivity index (χ4n) is 2.18. The first-order valence-electron chi connectivity index (χ1n) is 8.56. The summed E-state index contributed by atoms with van der Waals surface area (Å²) in [6, 6.07) is -0.727. The van der Waals surface area contributed by atoms with Crippen LogP contribution in [0, 0.1) is 5.92 Å². The standard InChI is InChI=1S/C18H33NO3/c1-5-6-7-8-9-10-11-12-15(4)17(20)22-18(21)16(19)13-14(2)3/h12,14,16H,5-11,13,19H2,1-4H3/t16-/m0/s1. The van der Waals surface area contributed by atoms with Gasteiger partial charge in [-0.05, 0) is 32.1 Å². The van der Waals surface area contributed by atoms with Crippen LogP contribution in [0.1, 0.15) is 79.1 Å². The third kappa shape index (κ3) is 10.6. The minimum absolute atomic E-state index is 0.294. The summed E-state index contributed by atoms with van der Waals surface area (Å²) >= 11 is 0. The van der Waals surface area contributed by atoms with Gasteiger partial charge >= 0.3 is 11.9 Å². The summed E-state index contributed by atoms with van der Waals surface area (Å²) in [5, 5.41) is 0. The van der Waals surface area contributed by atoms with E-state index in [4.69, 9.17) is 10.5 Å². The molecule has 0 fully saturated rings. The number of hydrogen-bond donors (Lipinski definition) is 1. The molecule has 0 spiro atoms. The second-order valence-corrected chi connectivity index (χ2v) is 6.39. The summed E-state index contributed by atoms with van der Waals surface area (Å²) in [5.41, 5.74) is 6.18. The molecule has 0 amide bonds. The number of allylic oxidation sites excluding steroid dienone is 1. The van der Waals surface area contributed by atoms with E-state index in [1.807, 2.05) is 19.9 Å². The molecule has 0 saturated carbocycles. The molecule has 0 aliphatic heterocycles. The van der Waals surface area contributed by atoms with E-state index in [1.165, 1.54) is 32.1 Å². The normalized spacial score (nSPS) is 13.3. The van der Waals surface area contributed by atoms with Gasteiger partial charge in [0.1, 0.15) is 6.04 Å². The fourth-order valence-corrected chi connectivity index (χ4v) is 2.18. The average molecular weight is 311 g/mol.